The number of ketones is 1. The normalized spacial score (nSPS) is 11.7. The molecule has 158 valence electrons. The summed E-state index contributed by atoms with van der Waals surface area (Å²) in [5, 5.41) is 20.9. The highest BCUT2D eigenvalue weighted by Gasteiger charge is 2.22. The summed E-state index contributed by atoms with van der Waals surface area (Å²) in [6, 6.07) is 23.7. The van der Waals surface area contributed by atoms with Crippen LogP contribution in [0.2, 0.25) is 0 Å². The minimum atomic E-state index is -1.17. The van der Waals surface area contributed by atoms with Crippen LogP contribution in [0.4, 0.5) is 5.69 Å². The van der Waals surface area contributed by atoms with Gasteiger partial charge >= 0.3 is 5.97 Å². The smallest absolute Gasteiger partial charge is 0.314 e. The Labute approximate surface area is 179 Å². The molecule has 0 spiro atoms. The predicted octanol–water partition coefficient (Wildman–Crippen LogP) is 4.31. The van der Waals surface area contributed by atoms with E-state index in [0.29, 0.717) is 5.56 Å². The Bertz CT molecular complexity index is 995. The van der Waals surface area contributed by atoms with Gasteiger partial charge in [0.2, 0.25) is 0 Å². The molecule has 7 nitrogen and oxygen atoms in total. The van der Waals surface area contributed by atoms with E-state index in [9.17, 15) is 24.8 Å². The van der Waals surface area contributed by atoms with Gasteiger partial charge in [0.25, 0.3) is 5.69 Å². The van der Waals surface area contributed by atoms with E-state index in [-0.39, 0.29) is 12.1 Å². The molecule has 0 fully saturated rings. The number of nitrogens with zero attached hydrogens (tertiary/aromatic N) is 1. The monoisotopic (exact) mass is 419 g/mol. The van der Waals surface area contributed by atoms with Crippen molar-refractivity contribution in [2.75, 3.05) is 0 Å². The molecule has 3 rings (SSSR count). The summed E-state index contributed by atoms with van der Waals surface area (Å²) in [6.45, 7) is 0. The fourth-order valence-corrected chi connectivity index (χ4v) is 3.14. The van der Waals surface area contributed by atoms with Gasteiger partial charge in [-0.25, -0.2) is 0 Å². The average molecular weight is 419 g/mol. The molecular weight excluding hydrogens is 398 g/mol. The number of carbonyl (C=O) groups excluding carboxylic acids is 2. The van der Waals surface area contributed by atoms with Crippen molar-refractivity contribution in [1.29, 1.82) is 0 Å². The highest BCUT2D eigenvalue weighted by Crippen LogP contribution is 2.27. The minimum Gasteiger partial charge on any atom is -0.452 e. The Hall–Kier alpha value is -3.84. The van der Waals surface area contributed by atoms with Crippen molar-refractivity contribution >= 4 is 17.4 Å². The van der Waals surface area contributed by atoms with Crippen LogP contribution in [0, 0.1) is 10.1 Å². The average Bonchev–Trinajstić information content (AvgIpc) is 2.78. The van der Waals surface area contributed by atoms with E-state index in [2.05, 4.69) is 0 Å². The van der Waals surface area contributed by atoms with E-state index in [1.807, 2.05) is 60.7 Å². The SMILES string of the molecule is O=C(CC(=O)OC(c1ccccc1)c1ccccc1)C[C@H](O)c1ccc([N+](=O)[O-])cc1. The van der Waals surface area contributed by atoms with Crippen LogP contribution in [0.25, 0.3) is 0 Å². The number of carbonyl (C=O) groups is 2. The van der Waals surface area contributed by atoms with Crippen molar-refractivity contribution in [2.24, 2.45) is 0 Å². The number of aliphatic hydroxyl groups excluding tert-OH is 1. The molecule has 0 aromatic heterocycles. The molecule has 0 unspecified atom stereocenters. The highest BCUT2D eigenvalue weighted by molar-refractivity contribution is 5.95. The van der Waals surface area contributed by atoms with Crippen molar-refractivity contribution in [3.05, 3.63) is 112 Å². The Balaban J connectivity index is 1.62. The Kier molecular flexibility index (Phi) is 7.24. The van der Waals surface area contributed by atoms with Crippen LogP contribution in [0.15, 0.2) is 84.9 Å². The van der Waals surface area contributed by atoms with E-state index < -0.39 is 35.3 Å². The highest BCUT2D eigenvalue weighted by atomic mass is 16.6. The van der Waals surface area contributed by atoms with Crippen molar-refractivity contribution in [3.8, 4) is 0 Å². The number of benzene rings is 3. The summed E-state index contributed by atoms with van der Waals surface area (Å²) >= 11 is 0. The summed E-state index contributed by atoms with van der Waals surface area (Å²) in [7, 11) is 0. The minimum absolute atomic E-state index is 0.112. The number of nitro benzene ring substituents is 1. The number of esters is 1. The van der Waals surface area contributed by atoms with E-state index >= 15 is 0 Å². The number of hydrogen-bond acceptors (Lipinski definition) is 6. The molecule has 7 heteroatoms. The number of non-ortho nitro benzene ring substituents is 1. The molecule has 0 saturated carbocycles. The van der Waals surface area contributed by atoms with Gasteiger partial charge in [0.15, 0.2) is 6.10 Å². The molecule has 31 heavy (non-hydrogen) atoms. The first kappa shape index (κ1) is 21.9. The van der Waals surface area contributed by atoms with Crippen LogP contribution < -0.4 is 0 Å². The second-order valence-electron chi connectivity index (χ2n) is 6.98. The molecule has 0 aliphatic carbocycles. The molecule has 0 saturated heterocycles. The molecule has 1 N–H and O–H groups in total. The molecule has 3 aromatic rings. The Morgan fingerprint density at radius 2 is 1.35 bits per heavy atom. The first-order valence-corrected chi connectivity index (χ1v) is 9.67. The van der Waals surface area contributed by atoms with Gasteiger partial charge in [-0.2, -0.15) is 0 Å². The van der Waals surface area contributed by atoms with Gasteiger partial charge in [-0.3, -0.25) is 19.7 Å². The number of aliphatic hydroxyl groups is 1. The maximum atomic E-state index is 12.4. The lowest BCUT2D eigenvalue weighted by Crippen LogP contribution is -2.17. The van der Waals surface area contributed by atoms with Crippen molar-refractivity contribution in [3.63, 3.8) is 0 Å². The molecule has 0 aliphatic rings. The van der Waals surface area contributed by atoms with Crippen LogP contribution in [-0.2, 0) is 14.3 Å². The zero-order valence-electron chi connectivity index (χ0n) is 16.6. The molecule has 1 atom stereocenters. The first-order valence-electron chi connectivity index (χ1n) is 9.67. The van der Waals surface area contributed by atoms with Gasteiger partial charge < -0.3 is 9.84 Å². The van der Waals surface area contributed by atoms with Crippen LogP contribution in [-0.4, -0.2) is 21.8 Å². The van der Waals surface area contributed by atoms with Crippen LogP contribution in [0.3, 0.4) is 0 Å². The fourth-order valence-electron chi connectivity index (χ4n) is 3.14. The largest absolute Gasteiger partial charge is 0.452 e. The van der Waals surface area contributed by atoms with Gasteiger partial charge in [0, 0.05) is 18.6 Å². The van der Waals surface area contributed by atoms with Crippen LogP contribution >= 0.6 is 0 Å². The van der Waals surface area contributed by atoms with Crippen LogP contribution in [0.5, 0.6) is 0 Å². The first-order chi connectivity index (χ1) is 14.9. The third kappa shape index (κ3) is 6.07. The van der Waals surface area contributed by atoms with Crippen molar-refractivity contribution in [1.82, 2.24) is 0 Å². The molecule has 0 heterocycles. The molecular formula is C24H21NO6. The lowest BCUT2D eigenvalue weighted by Gasteiger charge is -2.19. The number of rotatable bonds is 9. The van der Waals surface area contributed by atoms with E-state index in [1.54, 1.807) is 0 Å². The second-order valence-corrected chi connectivity index (χ2v) is 6.98. The van der Waals surface area contributed by atoms with Gasteiger partial charge in [-0.1, -0.05) is 60.7 Å². The summed E-state index contributed by atoms with van der Waals surface area (Å²) in [6.07, 6.45) is -2.60. The zero-order chi connectivity index (χ0) is 22.2. The fraction of sp³-hybridized carbons (Fsp3) is 0.167. The van der Waals surface area contributed by atoms with Gasteiger partial charge in [0.05, 0.1) is 11.0 Å². The lowest BCUT2D eigenvalue weighted by molar-refractivity contribution is -0.384. The number of Topliss-reactive ketones (excluding diaryl/α,β-unsaturated/α-hetero) is 1. The van der Waals surface area contributed by atoms with Gasteiger partial charge in [-0.15, -0.1) is 0 Å². The van der Waals surface area contributed by atoms with Crippen LogP contribution in [0.1, 0.15) is 41.7 Å². The number of ether oxygens (including phenoxy) is 1. The van der Waals surface area contributed by atoms with Gasteiger partial charge in [0.1, 0.15) is 12.2 Å². The molecule has 0 aliphatic heterocycles. The number of nitro groups is 1. The summed E-state index contributed by atoms with van der Waals surface area (Å²) in [5.41, 5.74) is 1.80. The summed E-state index contributed by atoms with van der Waals surface area (Å²) in [5.74, 6) is -1.19. The maximum Gasteiger partial charge on any atom is 0.314 e. The van der Waals surface area contributed by atoms with E-state index in [4.69, 9.17) is 4.74 Å². The molecule has 3 aromatic carbocycles. The van der Waals surface area contributed by atoms with E-state index in [1.165, 1.54) is 24.3 Å². The number of hydrogen-bond donors (Lipinski definition) is 1. The lowest BCUT2D eigenvalue weighted by atomic mass is 10.0. The Morgan fingerprint density at radius 1 is 0.839 bits per heavy atom. The van der Waals surface area contributed by atoms with Crippen molar-refractivity contribution < 1.29 is 24.4 Å². The van der Waals surface area contributed by atoms with Gasteiger partial charge in [-0.05, 0) is 28.8 Å². The standard InChI is InChI=1S/C24H21NO6/c26-21(15-22(27)17-11-13-20(14-12-17)25(29)30)16-23(28)31-24(18-7-3-1-4-8-18)19-9-5-2-6-10-19/h1-14,22,24,27H,15-16H2/t22-/m0/s1. The molecule has 0 amide bonds. The van der Waals surface area contributed by atoms with Crippen molar-refractivity contribution in [2.45, 2.75) is 25.0 Å². The molecule has 0 radical (unpaired) electrons. The summed E-state index contributed by atoms with van der Waals surface area (Å²) in [4.78, 5) is 34.9. The quantitative estimate of drug-likeness (QED) is 0.240. The topological polar surface area (TPSA) is 107 Å². The summed E-state index contributed by atoms with van der Waals surface area (Å²) < 4.78 is 5.61. The maximum absolute atomic E-state index is 12.4. The third-order valence-electron chi connectivity index (χ3n) is 4.71. The third-order valence-corrected chi connectivity index (χ3v) is 4.71. The van der Waals surface area contributed by atoms with E-state index in [0.717, 1.165) is 11.1 Å². The predicted molar refractivity (Wildman–Crippen MR) is 113 cm³/mol. The molecule has 0 bridgehead atoms. The zero-order valence-corrected chi connectivity index (χ0v) is 16.6. The Morgan fingerprint density at radius 3 is 1.84 bits per heavy atom. The second kappa shape index (κ2) is 10.3.